The van der Waals surface area contributed by atoms with Gasteiger partial charge in [-0.1, -0.05) is 23.2 Å². The van der Waals surface area contributed by atoms with Crippen molar-refractivity contribution in [1.29, 1.82) is 0 Å². The first kappa shape index (κ1) is 13.3. The summed E-state index contributed by atoms with van der Waals surface area (Å²) in [4.78, 5) is 10.3. The van der Waals surface area contributed by atoms with Crippen molar-refractivity contribution >= 4 is 35.4 Å². The van der Waals surface area contributed by atoms with E-state index in [1.807, 2.05) is 20.8 Å². The Balaban J connectivity index is 4.40. The minimum Gasteiger partial charge on any atom is -0.477 e. The van der Waals surface area contributed by atoms with Crippen molar-refractivity contribution in [2.75, 3.05) is 0 Å². The third kappa shape index (κ3) is 5.83. The average molecular weight is 239 g/mol. The van der Waals surface area contributed by atoms with Crippen LogP contribution in [-0.2, 0) is 4.79 Å². The number of hydrogen-bond acceptors (Lipinski definition) is 3. The zero-order valence-corrected chi connectivity index (χ0v) is 9.65. The molecular weight excluding hydrogens is 227 g/mol. The quantitative estimate of drug-likeness (QED) is 0.450. The SMILES string of the molecule is CC(C)(C)N/N=C/C(Cl)=C(/Cl)C(=O)O. The van der Waals surface area contributed by atoms with Crippen LogP contribution < -0.4 is 5.43 Å². The van der Waals surface area contributed by atoms with Gasteiger partial charge in [0.2, 0.25) is 0 Å². The van der Waals surface area contributed by atoms with Crippen LogP contribution in [0.15, 0.2) is 15.2 Å². The molecule has 0 atom stereocenters. The van der Waals surface area contributed by atoms with E-state index in [0.29, 0.717) is 0 Å². The molecule has 0 aromatic heterocycles. The molecule has 0 aliphatic heterocycles. The van der Waals surface area contributed by atoms with Crippen LogP contribution in [0.25, 0.3) is 0 Å². The Morgan fingerprint density at radius 1 is 1.43 bits per heavy atom. The monoisotopic (exact) mass is 238 g/mol. The number of rotatable bonds is 3. The van der Waals surface area contributed by atoms with Crippen molar-refractivity contribution in [3.05, 3.63) is 10.1 Å². The van der Waals surface area contributed by atoms with Gasteiger partial charge in [0.1, 0.15) is 5.03 Å². The zero-order valence-electron chi connectivity index (χ0n) is 8.14. The van der Waals surface area contributed by atoms with Gasteiger partial charge in [-0.25, -0.2) is 4.79 Å². The second kappa shape index (κ2) is 5.22. The molecule has 4 nitrogen and oxygen atoms in total. The highest BCUT2D eigenvalue weighted by Gasteiger charge is 2.09. The fourth-order valence-corrected chi connectivity index (χ4v) is 0.620. The summed E-state index contributed by atoms with van der Waals surface area (Å²) in [5.41, 5.74) is 2.54. The molecule has 0 heterocycles. The lowest BCUT2D eigenvalue weighted by Gasteiger charge is -2.16. The van der Waals surface area contributed by atoms with Gasteiger partial charge >= 0.3 is 5.97 Å². The topological polar surface area (TPSA) is 61.7 Å². The molecule has 6 heteroatoms. The summed E-state index contributed by atoms with van der Waals surface area (Å²) < 4.78 is 0. The molecule has 0 aromatic rings. The van der Waals surface area contributed by atoms with Crippen molar-refractivity contribution in [2.45, 2.75) is 26.3 Å². The molecule has 0 amide bonds. The minimum atomic E-state index is -1.28. The van der Waals surface area contributed by atoms with E-state index in [0.717, 1.165) is 6.21 Å². The van der Waals surface area contributed by atoms with Crippen LogP contribution in [-0.4, -0.2) is 22.8 Å². The Labute approximate surface area is 92.6 Å². The van der Waals surface area contributed by atoms with Gasteiger partial charge in [-0.05, 0) is 20.8 Å². The fraction of sp³-hybridized carbons (Fsp3) is 0.500. The molecule has 0 bridgehead atoms. The van der Waals surface area contributed by atoms with Crippen molar-refractivity contribution in [1.82, 2.24) is 5.43 Å². The number of nitrogens with one attached hydrogen (secondary N) is 1. The van der Waals surface area contributed by atoms with E-state index in [9.17, 15) is 4.79 Å². The van der Waals surface area contributed by atoms with Gasteiger partial charge in [0.25, 0.3) is 0 Å². The van der Waals surface area contributed by atoms with Crippen molar-refractivity contribution < 1.29 is 9.90 Å². The minimum absolute atomic E-state index is 0.115. The third-order valence-corrected chi connectivity index (χ3v) is 1.72. The molecule has 0 saturated carbocycles. The Morgan fingerprint density at radius 2 is 1.93 bits per heavy atom. The second-order valence-electron chi connectivity index (χ2n) is 3.59. The molecule has 0 saturated heterocycles. The first-order valence-electron chi connectivity index (χ1n) is 3.83. The van der Waals surface area contributed by atoms with Crippen LogP contribution in [0, 0.1) is 0 Å². The van der Waals surface area contributed by atoms with Gasteiger partial charge < -0.3 is 10.5 Å². The summed E-state index contributed by atoms with van der Waals surface area (Å²) in [6.07, 6.45) is 1.16. The molecule has 0 unspecified atom stereocenters. The largest absolute Gasteiger partial charge is 0.477 e. The number of carboxylic acids is 1. The predicted molar refractivity (Wildman–Crippen MR) is 57.7 cm³/mol. The van der Waals surface area contributed by atoms with Gasteiger partial charge in [-0.2, -0.15) is 5.10 Å². The number of hydrazone groups is 1. The Kier molecular flexibility index (Phi) is 4.94. The smallest absolute Gasteiger partial charge is 0.348 e. The van der Waals surface area contributed by atoms with Gasteiger partial charge in [-0.15, -0.1) is 0 Å². The van der Waals surface area contributed by atoms with Crippen LogP contribution in [0.4, 0.5) is 0 Å². The summed E-state index contributed by atoms with van der Waals surface area (Å²) in [5.74, 6) is -1.28. The fourth-order valence-electron chi connectivity index (χ4n) is 0.441. The summed E-state index contributed by atoms with van der Waals surface area (Å²) in [5, 5.41) is 11.6. The highest BCUT2D eigenvalue weighted by atomic mass is 35.5. The summed E-state index contributed by atoms with van der Waals surface area (Å²) in [6, 6.07) is 0. The molecule has 0 aliphatic rings. The highest BCUT2D eigenvalue weighted by Crippen LogP contribution is 2.11. The number of allylic oxidation sites excluding steroid dienone is 1. The van der Waals surface area contributed by atoms with E-state index in [4.69, 9.17) is 28.3 Å². The van der Waals surface area contributed by atoms with E-state index >= 15 is 0 Å². The maximum absolute atomic E-state index is 10.3. The maximum Gasteiger partial charge on any atom is 0.348 e. The Bertz CT molecular complexity index is 280. The van der Waals surface area contributed by atoms with E-state index < -0.39 is 11.0 Å². The number of aliphatic carboxylic acids is 1. The summed E-state index contributed by atoms with van der Waals surface area (Å²) in [6.45, 7) is 5.71. The molecule has 0 rings (SSSR count). The first-order chi connectivity index (χ1) is 6.24. The zero-order chi connectivity index (χ0) is 11.4. The van der Waals surface area contributed by atoms with Crippen LogP contribution >= 0.6 is 23.2 Å². The first-order valence-corrected chi connectivity index (χ1v) is 4.58. The average Bonchev–Trinajstić information content (AvgIpc) is 2.00. The second-order valence-corrected chi connectivity index (χ2v) is 4.37. The number of carboxylic acid groups (broad SMARTS) is 1. The van der Waals surface area contributed by atoms with E-state index in [1.165, 1.54) is 0 Å². The molecule has 0 radical (unpaired) electrons. The molecule has 0 aliphatic carbocycles. The van der Waals surface area contributed by atoms with Crippen LogP contribution in [0.3, 0.4) is 0 Å². The predicted octanol–water partition coefficient (Wildman–Crippen LogP) is 2.13. The van der Waals surface area contributed by atoms with Gasteiger partial charge in [0.05, 0.1) is 11.2 Å². The van der Waals surface area contributed by atoms with Crippen LogP contribution in [0.1, 0.15) is 20.8 Å². The Morgan fingerprint density at radius 3 is 2.29 bits per heavy atom. The highest BCUT2D eigenvalue weighted by molar-refractivity contribution is 6.51. The van der Waals surface area contributed by atoms with Crippen molar-refractivity contribution in [2.24, 2.45) is 5.10 Å². The third-order valence-electron chi connectivity index (χ3n) is 0.975. The normalized spacial score (nSPS) is 14.1. The van der Waals surface area contributed by atoms with Gasteiger partial charge in [-0.3, -0.25) is 0 Å². The van der Waals surface area contributed by atoms with Crippen molar-refractivity contribution in [3.63, 3.8) is 0 Å². The maximum atomic E-state index is 10.3. The van der Waals surface area contributed by atoms with E-state index in [-0.39, 0.29) is 10.6 Å². The molecule has 0 fully saturated rings. The lowest BCUT2D eigenvalue weighted by molar-refractivity contribution is -0.131. The number of carbonyl (C=O) groups is 1. The molecule has 2 N–H and O–H groups in total. The number of hydrogen-bond donors (Lipinski definition) is 2. The molecule has 80 valence electrons. The summed E-state index contributed by atoms with van der Waals surface area (Å²) >= 11 is 10.9. The molecule has 0 aromatic carbocycles. The number of nitrogens with zero attached hydrogens (tertiary/aromatic N) is 1. The van der Waals surface area contributed by atoms with Crippen LogP contribution in [0.2, 0.25) is 0 Å². The van der Waals surface area contributed by atoms with E-state index in [1.54, 1.807) is 0 Å². The molecule has 0 spiro atoms. The molecule has 14 heavy (non-hydrogen) atoms. The van der Waals surface area contributed by atoms with Crippen molar-refractivity contribution in [3.8, 4) is 0 Å². The summed E-state index contributed by atoms with van der Waals surface area (Å²) in [7, 11) is 0. The van der Waals surface area contributed by atoms with E-state index in [2.05, 4.69) is 10.5 Å². The van der Waals surface area contributed by atoms with Crippen LogP contribution in [0.5, 0.6) is 0 Å². The number of halogens is 2. The standard InChI is InChI=1S/C8H12Cl2N2O2/c1-8(2,3)12-11-4-5(9)6(10)7(13)14/h4,12H,1-3H3,(H,13,14)/b6-5-,11-4+. The Hall–Kier alpha value is -0.740. The van der Waals surface area contributed by atoms with Gasteiger partial charge in [0.15, 0.2) is 0 Å². The molecular formula is C8H12Cl2N2O2. The lowest BCUT2D eigenvalue weighted by Crippen LogP contribution is -2.31. The lowest BCUT2D eigenvalue weighted by atomic mass is 10.1. The van der Waals surface area contributed by atoms with Gasteiger partial charge in [0, 0.05) is 5.54 Å².